The summed E-state index contributed by atoms with van der Waals surface area (Å²) in [7, 11) is 5.06. The molecule has 0 aliphatic carbocycles. The van der Waals surface area contributed by atoms with Gasteiger partial charge in [0.15, 0.2) is 17.3 Å². The highest BCUT2D eigenvalue weighted by molar-refractivity contribution is 6.00. The van der Waals surface area contributed by atoms with Crippen LogP contribution < -0.4 is 9.47 Å². The lowest BCUT2D eigenvalue weighted by molar-refractivity contribution is 0.0873. The first-order valence-electron chi connectivity index (χ1n) is 6.94. The van der Waals surface area contributed by atoms with Gasteiger partial charge in [-0.05, 0) is 13.1 Å². The van der Waals surface area contributed by atoms with Crippen LogP contribution in [0.3, 0.4) is 0 Å². The van der Waals surface area contributed by atoms with Crippen LogP contribution in [0.4, 0.5) is 0 Å². The molecule has 0 saturated carbocycles. The van der Waals surface area contributed by atoms with Gasteiger partial charge in [0.2, 0.25) is 0 Å². The maximum absolute atomic E-state index is 12.4. The molecule has 0 unspecified atom stereocenters. The molecular weight excluding hydrogens is 272 g/mol. The highest BCUT2D eigenvalue weighted by Gasteiger charge is 2.21. The number of likely N-dealkylation sites (N-methyl/N-ethyl adjacent to an activating group) is 1. The number of ketones is 1. The number of Topliss-reactive ketones (excluding diaryl/α,β-unsaturated/α-hetero) is 1. The first-order chi connectivity index (χ1) is 10.0. The maximum atomic E-state index is 12.4. The minimum atomic E-state index is -0.113. The molecule has 1 N–H and O–H groups in total. The molecule has 1 saturated heterocycles. The zero-order chi connectivity index (χ0) is 15.4. The van der Waals surface area contributed by atoms with Crippen LogP contribution in [0.25, 0.3) is 0 Å². The largest absolute Gasteiger partial charge is 0.507 e. The molecule has 1 fully saturated rings. The fourth-order valence-corrected chi connectivity index (χ4v) is 2.39. The predicted octanol–water partition coefficient (Wildman–Crippen LogP) is 0.839. The van der Waals surface area contributed by atoms with Gasteiger partial charge in [0.25, 0.3) is 0 Å². The zero-order valence-electron chi connectivity index (χ0n) is 12.8. The van der Waals surface area contributed by atoms with Crippen LogP contribution >= 0.6 is 0 Å². The van der Waals surface area contributed by atoms with Crippen LogP contribution in [0.5, 0.6) is 17.2 Å². The normalized spacial score (nSPS) is 16.7. The number of nitrogens with zero attached hydrogens (tertiary/aromatic N) is 2. The highest BCUT2D eigenvalue weighted by Crippen LogP contribution is 2.34. The molecule has 116 valence electrons. The summed E-state index contributed by atoms with van der Waals surface area (Å²) in [4.78, 5) is 16.7. The number of rotatable bonds is 5. The second-order valence-corrected chi connectivity index (χ2v) is 5.23. The van der Waals surface area contributed by atoms with E-state index < -0.39 is 0 Å². The number of phenolic OH excluding ortho intramolecular Hbond substituents is 1. The smallest absolute Gasteiger partial charge is 0.180 e. The van der Waals surface area contributed by atoms with E-state index in [2.05, 4.69) is 16.8 Å². The maximum Gasteiger partial charge on any atom is 0.180 e. The van der Waals surface area contributed by atoms with E-state index in [0.717, 1.165) is 26.2 Å². The molecule has 1 aliphatic heterocycles. The van der Waals surface area contributed by atoms with E-state index in [9.17, 15) is 9.90 Å². The Morgan fingerprint density at radius 2 is 1.71 bits per heavy atom. The topological polar surface area (TPSA) is 62.2 Å². The standard InChI is InChI=1S/C15H22N2O4/c1-16-4-6-17(7-5-16)10-13(19)11-8-14(20-2)15(21-3)9-12(11)18/h8-9,18H,4-7,10H2,1-3H3. The summed E-state index contributed by atoms with van der Waals surface area (Å²) < 4.78 is 10.3. The molecule has 2 rings (SSSR count). The molecule has 0 bridgehead atoms. The van der Waals surface area contributed by atoms with Gasteiger partial charge in [0.1, 0.15) is 5.75 Å². The summed E-state index contributed by atoms with van der Waals surface area (Å²) in [5.41, 5.74) is 0.270. The summed E-state index contributed by atoms with van der Waals surface area (Å²) in [5, 5.41) is 10.0. The monoisotopic (exact) mass is 294 g/mol. The molecule has 0 aromatic heterocycles. The SMILES string of the molecule is COc1cc(O)c(C(=O)CN2CCN(C)CC2)cc1OC. The van der Waals surface area contributed by atoms with E-state index >= 15 is 0 Å². The molecule has 0 atom stereocenters. The third-order valence-electron chi connectivity index (χ3n) is 3.77. The number of aromatic hydroxyl groups is 1. The molecule has 6 nitrogen and oxygen atoms in total. The van der Waals surface area contributed by atoms with Crippen molar-refractivity contribution in [2.45, 2.75) is 0 Å². The van der Waals surface area contributed by atoms with E-state index in [4.69, 9.17) is 9.47 Å². The van der Waals surface area contributed by atoms with Gasteiger partial charge in [-0.25, -0.2) is 0 Å². The number of carbonyl (C=O) groups is 1. The average molecular weight is 294 g/mol. The Bertz CT molecular complexity index is 511. The zero-order valence-corrected chi connectivity index (χ0v) is 12.8. The van der Waals surface area contributed by atoms with Crippen LogP contribution in [-0.2, 0) is 0 Å². The number of phenols is 1. The Labute approximate surface area is 124 Å². The molecule has 1 heterocycles. The van der Waals surface area contributed by atoms with Crippen molar-refractivity contribution in [3.63, 3.8) is 0 Å². The first-order valence-corrected chi connectivity index (χ1v) is 6.94. The lowest BCUT2D eigenvalue weighted by atomic mass is 10.1. The van der Waals surface area contributed by atoms with E-state index in [1.807, 2.05) is 0 Å². The number of methoxy groups -OCH3 is 2. The third-order valence-corrected chi connectivity index (χ3v) is 3.77. The fourth-order valence-electron chi connectivity index (χ4n) is 2.39. The van der Waals surface area contributed by atoms with E-state index in [1.165, 1.54) is 26.4 Å². The number of carbonyl (C=O) groups excluding carboxylic acids is 1. The van der Waals surface area contributed by atoms with Crippen molar-refractivity contribution in [2.24, 2.45) is 0 Å². The lowest BCUT2D eigenvalue weighted by Gasteiger charge is -2.31. The minimum Gasteiger partial charge on any atom is -0.507 e. The molecule has 0 spiro atoms. The molecule has 0 radical (unpaired) electrons. The summed E-state index contributed by atoms with van der Waals surface area (Å²) in [6.07, 6.45) is 0. The molecule has 1 aromatic carbocycles. The number of ether oxygens (including phenoxy) is 2. The van der Waals surface area contributed by atoms with Gasteiger partial charge in [-0.2, -0.15) is 0 Å². The number of piperazine rings is 1. The van der Waals surface area contributed by atoms with Crippen LogP contribution in [0.2, 0.25) is 0 Å². The van der Waals surface area contributed by atoms with E-state index in [1.54, 1.807) is 0 Å². The number of hydrogen-bond donors (Lipinski definition) is 1. The fraction of sp³-hybridized carbons (Fsp3) is 0.533. The predicted molar refractivity (Wildman–Crippen MR) is 79.5 cm³/mol. The van der Waals surface area contributed by atoms with Crippen molar-refractivity contribution in [3.05, 3.63) is 17.7 Å². The van der Waals surface area contributed by atoms with Crippen LogP contribution in [0, 0.1) is 0 Å². The van der Waals surface area contributed by atoms with Gasteiger partial charge in [-0.3, -0.25) is 9.69 Å². The molecule has 0 amide bonds. The molecule has 1 aromatic rings. The van der Waals surface area contributed by atoms with Crippen molar-refractivity contribution >= 4 is 5.78 Å². The second kappa shape index (κ2) is 6.78. The van der Waals surface area contributed by atoms with Crippen molar-refractivity contribution in [1.82, 2.24) is 9.80 Å². The minimum absolute atomic E-state index is 0.0771. The van der Waals surface area contributed by atoms with E-state index in [0.29, 0.717) is 18.0 Å². The average Bonchev–Trinajstić information content (AvgIpc) is 2.49. The van der Waals surface area contributed by atoms with E-state index in [-0.39, 0.29) is 17.1 Å². The van der Waals surface area contributed by atoms with Crippen molar-refractivity contribution in [2.75, 3.05) is 54.0 Å². The molecule has 21 heavy (non-hydrogen) atoms. The molecular formula is C15H22N2O4. The van der Waals surface area contributed by atoms with Crippen LogP contribution in [0.15, 0.2) is 12.1 Å². The Morgan fingerprint density at radius 3 is 2.29 bits per heavy atom. The van der Waals surface area contributed by atoms with Crippen LogP contribution in [0.1, 0.15) is 10.4 Å². The number of hydrogen-bond acceptors (Lipinski definition) is 6. The second-order valence-electron chi connectivity index (χ2n) is 5.23. The lowest BCUT2D eigenvalue weighted by Crippen LogP contribution is -2.46. The van der Waals surface area contributed by atoms with Crippen molar-refractivity contribution in [3.8, 4) is 17.2 Å². The Balaban J connectivity index is 2.11. The quantitative estimate of drug-likeness (QED) is 0.812. The molecule has 6 heteroatoms. The van der Waals surface area contributed by atoms with Gasteiger partial charge in [0.05, 0.1) is 26.3 Å². The summed E-state index contributed by atoms with van der Waals surface area (Å²) >= 11 is 0. The summed E-state index contributed by atoms with van der Waals surface area (Å²) in [5.74, 6) is 0.660. The van der Waals surface area contributed by atoms with Gasteiger partial charge in [0, 0.05) is 32.2 Å². The van der Waals surface area contributed by atoms with Crippen LogP contribution in [-0.4, -0.2) is 74.7 Å². The summed E-state index contributed by atoms with van der Waals surface area (Å²) in [6, 6.07) is 2.95. The number of benzene rings is 1. The van der Waals surface area contributed by atoms with Gasteiger partial charge >= 0.3 is 0 Å². The van der Waals surface area contributed by atoms with Gasteiger partial charge in [-0.1, -0.05) is 0 Å². The highest BCUT2D eigenvalue weighted by atomic mass is 16.5. The van der Waals surface area contributed by atoms with Crippen molar-refractivity contribution < 1.29 is 19.4 Å². The Morgan fingerprint density at radius 1 is 1.14 bits per heavy atom. The van der Waals surface area contributed by atoms with Gasteiger partial charge < -0.3 is 19.5 Å². The third kappa shape index (κ3) is 3.65. The first kappa shape index (κ1) is 15.6. The Hall–Kier alpha value is -1.79. The van der Waals surface area contributed by atoms with Crippen molar-refractivity contribution in [1.29, 1.82) is 0 Å². The summed E-state index contributed by atoms with van der Waals surface area (Å²) in [6.45, 7) is 3.92. The van der Waals surface area contributed by atoms with Gasteiger partial charge in [-0.15, -0.1) is 0 Å². The Kier molecular flexibility index (Phi) is 5.03. The molecule has 1 aliphatic rings.